The number of rotatable bonds is 27. The van der Waals surface area contributed by atoms with Gasteiger partial charge in [0.15, 0.2) is 10.8 Å². The second-order valence-electron chi connectivity index (χ2n) is 41.6. The molecule has 4 saturated heterocycles. The standard InChI is InChI=1S/C86H146N4O10/c1-73(2,3)63-45-57(46-64(67(63)91)74(4,5)6)39-43-85(69(93)97-59-49-77(13,14)87-78(15,16)50-59,70(94)98-60-51-79(17,18)88-80(19,20)52-60)41-37-35-33-31-29-30-32-34-36-38-42-86(71(95)99-61-53-81(21,22)89-82(23,24)54-61,72(96)100-62-55-83(25,26)90-84(27,28)56-62)44-40-58-47-65(75(7,8)9)68(92)66(48-58)76(10,11)12/h45-48,59-62,87-92H,29-44,49-56H2,1-28H3. The summed E-state index contributed by atoms with van der Waals surface area (Å²) in [6.07, 6.45) is 14.0. The van der Waals surface area contributed by atoms with Crippen molar-refractivity contribution in [1.82, 2.24) is 21.3 Å². The number of carbonyl (C=O) groups excluding carboxylic acids is 4. The van der Waals surface area contributed by atoms with Gasteiger partial charge in [0.25, 0.3) is 0 Å². The lowest BCUT2D eigenvalue weighted by molar-refractivity contribution is -0.186. The molecule has 0 aromatic heterocycles. The number of aryl methyl sites for hydroxylation is 2. The number of unbranched alkanes of at least 4 members (excludes halogenated alkanes) is 9. The fourth-order valence-electron chi connectivity index (χ4n) is 18.5. The smallest absolute Gasteiger partial charge is 0.323 e. The molecule has 4 heterocycles. The van der Waals surface area contributed by atoms with E-state index in [1.54, 1.807) is 0 Å². The quantitative estimate of drug-likeness (QED) is 0.0214. The molecule has 4 aliphatic rings. The number of benzene rings is 2. The molecule has 570 valence electrons. The Kier molecular flexibility index (Phi) is 26.3. The molecule has 6 rings (SSSR count). The van der Waals surface area contributed by atoms with Crippen molar-refractivity contribution in [2.75, 3.05) is 0 Å². The van der Waals surface area contributed by atoms with Crippen molar-refractivity contribution < 1.29 is 48.3 Å². The van der Waals surface area contributed by atoms with Crippen LogP contribution < -0.4 is 21.3 Å². The predicted octanol–water partition coefficient (Wildman–Crippen LogP) is 18.9. The Labute approximate surface area is 608 Å². The van der Waals surface area contributed by atoms with Crippen molar-refractivity contribution in [1.29, 1.82) is 0 Å². The molecule has 14 nitrogen and oxygen atoms in total. The molecule has 0 saturated carbocycles. The van der Waals surface area contributed by atoms with E-state index >= 15 is 19.2 Å². The fourth-order valence-corrected chi connectivity index (χ4v) is 18.5. The molecule has 0 unspecified atom stereocenters. The molecule has 4 aliphatic heterocycles. The molecule has 0 atom stereocenters. The molecule has 2 aromatic rings. The minimum Gasteiger partial charge on any atom is -0.507 e. The maximum absolute atomic E-state index is 15.6. The van der Waals surface area contributed by atoms with Crippen LogP contribution in [0.4, 0.5) is 0 Å². The Morgan fingerprint density at radius 1 is 0.320 bits per heavy atom. The highest BCUT2D eigenvalue weighted by Crippen LogP contribution is 2.47. The third-order valence-corrected chi connectivity index (χ3v) is 22.0. The molecule has 0 radical (unpaired) electrons. The number of esters is 4. The number of phenolic OH excluding ortho intramolecular Hbond substituents is 2. The third kappa shape index (κ3) is 23.6. The van der Waals surface area contributed by atoms with E-state index in [9.17, 15) is 10.2 Å². The van der Waals surface area contributed by atoms with Gasteiger partial charge in [-0.15, -0.1) is 0 Å². The SMILES string of the molecule is CC1(C)CC(OC(=O)C(CCCCCCCCCCCCC(CCc2cc(C(C)(C)C)c(O)c(C(C)(C)C)c2)(C(=O)OC2CC(C)(C)NC(C)(C)C2)C(=O)OC2CC(C)(C)NC(C)(C)C2)(CCc2cc(C(C)(C)C)c(O)c(C(C)(C)C)c2)C(=O)OC2CC(C)(C)NC(C)(C)C2)CC(C)(C)N1. The second kappa shape index (κ2) is 31.1. The van der Waals surface area contributed by atoms with Gasteiger partial charge in [0.1, 0.15) is 35.9 Å². The maximum atomic E-state index is 15.6. The van der Waals surface area contributed by atoms with Gasteiger partial charge in [0.2, 0.25) is 0 Å². The van der Waals surface area contributed by atoms with E-state index in [1.165, 1.54) is 0 Å². The van der Waals surface area contributed by atoms with Crippen LogP contribution in [0.15, 0.2) is 24.3 Å². The van der Waals surface area contributed by atoms with Crippen LogP contribution in [0.1, 0.15) is 369 Å². The summed E-state index contributed by atoms with van der Waals surface area (Å²) in [6.45, 7) is 59.6. The summed E-state index contributed by atoms with van der Waals surface area (Å²) in [6, 6.07) is 8.29. The predicted molar refractivity (Wildman–Crippen MR) is 410 cm³/mol. The monoisotopic (exact) mass is 1400 g/mol. The summed E-state index contributed by atoms with van der Waals surface area (Å²) in [4.78, 5) is 62.5. The Morgan fingerprint density at radius 3 is 0.660 bits per heavy atom. The van der Waals surface area contributed by atoms with Crippen LogP contribution in [0.3, 0.4) is 0 Å². The highest BCUT2D eigenvalue weighted by Gasteiger charge is 2.55. The number of aromatic hydroxyl groups is 2. The lowest BCUT2D eigenvalue weighted by Crippen LogP contribution is -2.61. The number of phenols is 2. The number of carbonyl (C=O) groups is 4. The first-order valence-corrected chi connectivity index (χ1v) is 39.0. The fraction of sp³-hybridized carbons (Fsp3) is 0.814. The van der Waals surface area contributed by atoms with E-state index in [4.69, 9.17) is 18.9 Å². The zero-order chi connectivity index (χ0) is 75.7. The van der Waals surface area contributed by atoms with Crippen molar-refractivity contribution in [2.45, 2.75) is 438 Å². The molecule has 14 heteroatoms. The largest absolute Gasteiger partial charge is 0.507 e. The molecule has 0 amide bonds. The molecular formula is C86H146N4O10. The summed E-state index contributed by atoms with van der Waals surface area (Å²) < 4.78 is 26.9. The maximum Gasteiger partial charge on any atom is 0.323 e. The summed E-state index contributed by atoms with van der Waals surface area (Å²) >= 11 is 0. The Hall–Kier alpha value is -4.24. The van der Waals surface area contributed by atoms with Gasteiger partial charge in [-0.3, -0.25) is 19.2 Å². The van der Waals surface area contributed by atoms with Crippen LogP contribution in [-0.2, 0) is 72.6 Å². The van der Waals surface area contributed by atoms with Crippen molar-refractivity contribution in [3.8, 4) is 11.5 Å². The first-order valence-electron chi connectivity index (χ1n) is 39.0. The summed E-state index contributed by atoms with van der Waals surface area (Å²) in [5.74, 6) is -1.39. The van der Waals surface area contributed by atoms with E-state index in [-0.39, 0.29) is 78.8 Å². The zero-order valence-corrected chi connectivity index (χ0v) is 68.7. The van der Waals surface area contributed by atoms with Crippen LogP contribution in [0.25, 0.3) is 0 Å². The lowest BCUT2D eigenvalue weighted by atomic mass is 9.74. The van der Waals surface area contributed by atoms with Gasteiger partial charge >= 0.3 is 23.9 Å². The molecule has 2 aromatic carbocycles. The van der Waals surface area contributed by atoms with Crippen LogP contribution in [0, 0.1) is 10.8 Å². The van der Waals surface area contributed by atoms with Gasteiger partial charge in [-0.05, 0) is 204 Å². The number of hydrogen-bond acceptors (Lipinski definition) is 14. The number of piperidine rings is 4. The Balaban J connectivity index is 1.22. The van der Waals surface area contributed by atoms with E-state index in [1.807, 2.05) is 0 Å². The van der Waals surface area contributed by atoms with Gasteiger partial charge in [-0.1, -0.05) is 172 Å². The molecule has 0 bridgehead atoms. The van der Waals surface area contributed by atoms with Gasteiger partial charge < -0.3 is 50.4 Å². The molecule has 6 N–H and O–H groups in total. The Bertz CT molecular complexity index is 2690. The minimum atomic E-state index is -1.58. The van der Waals surface area contributed by atoms with Crippen molar-refractivity contribution in [3.05, 3.63) is 57.6 Å². The molecule has 0 aliphatic carbocycles. The van der Waals surface area contributed by atoms with Gasteiger partial charge in [-0.25, -0.2) is 0 Å². The zero-order valence-electron chi connectivity index (χ0n) is 68.7. The van der Waals surface area contributed by atoms with Crippen molar-refractivity contribution >= 4 is 23.9 Å². The van der Waals surface area contributed by atoms with Crippen LogP contribution >= 0.6 is 0 Å². The lowest BCUT2D eigenvalue weighted by Gasteiger charge is -2.47. The van der Waals surface area contributed by atoms with E-state index in [2.05, 4.69) is 239 Å². The molecule has 100 heavy (non-hydrogen) atoms. The Morgan fingerprint density at radius 2 is 0.490 bits per heavy atom. The van der Waals surface area contributed by atoms with Gasteiger partial charge in [0.05, 0.1) is 0 Å². The number of nitrogens with one attached hydrogen (secondary N) is 4. The van der Waals surface area contributed by atoms with Crippen molar-refractivity contribution in [3.63, 3.8) is 0 Å². The number of hydrogen-bond donors (Lipinski definition) is 6. The van der Waals surface area contributed by atoms with Crippen LogP contribution in [0.5, 0.6) is 11.5 Å². The molecule has 4 fully saturated rings. The summed E-state index contributed by atoms with van der Waals surface area (Å²) in [7, 11) is 0. The number of ether oxygens (including phenoxy) is 4. The van der Waals surface area contributed by atoms with E-state index < -0.39 is 59.1 Å². The van der Waals surface area contributed by atoms with E-state index in [0.29, 0.717) is 101 Å². The second-order valence-corrected chi connectivity index (χ2v) is 41.6. The van der Waals surface area contributed by atoms with E-state index in [0.717, 1.165) is 84.7 Å². The third-order valence-electron chi connectivity index (χ3n) is 22.0. The normalized spacial score (nSPS) is 21.3. The topological polar surface area (TPSA) is 194 Å². The summed E-state index contributed by atoms with van der Waals surface area (Å²) in [5.41, 5.74) is -1.72. The molecule has 0 spiro atoms. The first-order chi connectivity index (χ1) is 45.3. The van der Waals surface area contributed by atoms with Gasteiger partial charge in [0, 0.05) is 95.7 Å². The van der Waals surface area contributed by atoms with Gasteiger partial charge in [-0.2, -0.15) is 0 Å². The van der Waals surface area contributed by atoms with Crippen molar-refractivity contribution in [2.24, 2.45) is 10.8 Å². The van der Waals surface area contributed by atoms with Crippen LogP contribution in [0.2, 0.25) is 0 Å². The highest BCUT2D eigenvalue weighted by molar-refractivity contribution is 6.01. The first kappa shape index (κ1) is 84.7. The van der Waals surface area contributed by atoms with Crippen LogP contribution in [-0.4, -0.2) is 103 Å². The highest BCUT2D eigenvalue weighted by atomic mass is 16.6. The average molecular weight is 1400 g/mol. The minimum absolute atomic E-state index is 0.209. The summed E-state index contributed by atoms with van der Waals surface area (Å²) in [5, 5.41) is 38.5. The average Bonchev–Trinajstić information content (AvgIpc) is 0.788. The molecular weight excluding hydrogens is 1250 g/mol.